The van der Waals surface area contributed by atoms with E-state index in [1.54, 1.807) is 11.0 Å². The second-order valence-corrected chi connectivity index (χ2v) is 8.35. The third-order valence-corrected chi connectivity index (χ3v) is 5.61. The molecule has 7 heteroatoms. The van der Waals surface area contributed by atoms with E-state index < -0.39 is 15.4 Å². The maximum atomic E-state index is 13.5. The van der Waals surface area contributed by atoms with Crippen LogP contribution in [0.4, 0.5) is 4.39 Å². The third-order valence-electron chi connectivity index (χ3n) is 4.85. The molecule has 126 valence electrons. The smallest absolute Gasteiger partial charge is 0.233 e. The Morgan fingerprint density at radius 3 is 2.70 bits per heavy atom. The minimum atomic E-state index is -3.28. The molecule has 3 rings (SSSR count). The van der Waals surface area contributed by atoms with Crippen LogP contribution in [0.5, 0.6) is 0 Å². The van der Waals surface area contributed by atoms with Crippen LogP contribution in [0.25, 0.3) is 0 Å². The number of hydrogen-bond donors (Lipinski definition) is 1. The third kappa shape index (κ3) is 3.26. The Bertz CT molecular complexity index is 716. The first kappa shape index (κ1) is 16.4. The van der Waals surface area contributed by atoms with E-state index >= 15 is 0 Å². The molecular weight excluding hydrogens is 319 g/mol. The van der Waals surface area contributed by atoms with Gasteiger partial charge in [-0.2, -0.15) is 0 Å². The van der Waals surface area contributed by atoms with Crippen LogP contribution in [0, 0.1) is 5.82 Å². The van der Waals surface area contributed by atoms with E-state index in [2.05, 4.69) is 4.72 Å². The van der Waals surface area contributed by atoms with Crippen LogP contribution in [0.1, 0.15) is 31.2 Å². The van der Waals surface area contributed by atoms with Gasteiger partial charge in [0.1, 0.15) is 5.82 Å². The quantitative estimate of drug-likeness (QED) is 0.901. The zero-order valence-corrected chi connectivity index (χ0v) is 13.9. The van der Waals surface area contributed by atoms with Crippen molar-refractivity contribution < 1.29 is 17.6 Å². The van der Waals surface area contributed by atoms with Crippen LogP contribution in [-0.4, -0.2) is 44.6 Å². The topological polar surface area (TPSA) is 66.5 Å². The largest absolute Gasteiger partial charge is 0.340 e. The average Bonchev–Trinajstić information content (AvgIpc) is 2.83. The average molecular weight is 340 g/mol. The number of halogens is 1. The highest BCUT2D eigenvalue weighted by Crippen LogP contribution is 2.45. The van der Waals surface area contributed by atoms with Crippen molar-refractivity contribution in [2.24, 2.45) is 0 Å². The van der Waals surface area contributed by atoms with Crippen LogP contribution in [0.3, 0.4) is 0 Å². The molecule has 2 fully saturated rings. The molecule has 0 radical (unpaired) electrons. The van der Waals surface area contributed by atoms with Crippen molar-refractivity contribution in [2.75, 3.05) is 19.3 Å². The Labute approximate surface area is 135 Å². The standard InChI is InChI=1S/C16H21FN2O3S/c1-23(21,22)18-14-6-9-19(11-14)15(20)16(7-3-8-16)12-4-2-5-13(17)10-12/h2,4-5,10,14,18H,3,6-9,11H2,1H3. The van der Waals surface area contributed by atoms with E-state index in [1.165, 1.54) is 12.1 Å². The van der Waals surface area contributed by atoms with Gasteiger partial charge in [0.25, 0.3) is 0 Å². The molecule has 0 bridgehead atoms. The van der Waals surface area contributed by atoms with Crippen molar-refractivity contribution in [3.8, 4) is 0 Å². The lowest BCUT2D eigenvalue weighted by atomic mass is 9.63. The first-order valence-electron chi connectivity index (χ1n) is 7.83. The first-order chi connectivity index (χ1) is 10.8. The zero-order chi connectivity index (χ0) is 16.7. The molecule has 1 saturated heterocycles. The van der Waals surface area contributed by atoms with Crippen LogP contribution in [0.15, 0.2) is 24.3 Å². The van der Waals surface area contributed by atoms with E-state index in [1.807, 2.05) is 6.07 Å². The summed E-state index contributed by atoms with van der Waals surface area (Å²) in [5.41, 5.74) is 0.0931. The van der Waals surface area contributed by atoms with E-state index in [0.717, 1.165) is 31.1 Å². The van der Waals surface area contributed by atoms with Crippen molar-refractivity contribution in [1.29, 1.82) is 0 Å². The Morgan fingerprint density at radius 1 is 1.39 bits per heavy atom. The van der Waals surface area contributed by atoms with Crippen molar-refractivity contribution in [1.82, 2.24) is 9.62 Å². The SMILES string of the molecule is CS(=O)(=O)NC1CCN(C(=O)C2(c3cccc(F)c3)CCC2)C1. The van der Waals surface area contributed by atoms with Gasteiger partial charge in [0.15, 0.2) is 0 Å². The van der Waals surface area contributed by atoms with E-state index in [9.17, 15) is 17.6 Å². The fourth-order valence-electron chi connectivity index (χ4n) is 3.59. The minimum absolute atomic E-state index is 0.00727. The normalized spacial score (nSPS) is 23.6. The molecule has 1 heterocycles. The summed E-state index contributed by atoms with van der Waals surface area (Å²) in [4.78, 5) is 14.7. The molecule has 1 aliphatic heterocycles. The highest BCUT2D eigenvalue weighted by molar-refractivity contribution is 7.88. The van der Waals surface area contributed by atoms with Crippen LogP contribution in [0.2, 0.25) is 0 Å². The van der Waals surface area contributed by atoms with E-state index in [-0.39, 0.29) is 17.8 Å². The second-order valence-electron chi connectivity index (χ2n) is 6.57. The van der Waals surface area contributed by atoms with Crippen molar-refractivity contribution >= 4 is 15.9 Å². The second kappa shape index (κ2) is 5.87. The number of nitrogens with zero attached hydrogens (tertiary/aromatic N) is 1. The Hall–Kier alpha value is -1.47. The summed E-state index contributed by atoms with van der Waals surface area (Å²) in [7, 11) is -3.28. The minimum Gasteiger partial charge on any atom is -0.340 e. The molecule has 23 heavy (non-hydrogen) atoms. The summed E-state index contributed by atoms with van der Waals surface area (Å²) < 4.78 is 38.8. The van der Waals surface area contributed by atoms with Gasteiger partial charge in [0, 0.05) is 19.1 Å². The number of hydrogen-bond acceptors (Lipinski definition) is 3. The molecule has 1 unspecified atom stereocenters. The fraction of sp³-hybridized carbons (Fsp3) is 0.562. The molecule has 1 aromatic rings. The lowest BCUT2D eigenvalue weighted by Crippen LogP contribution is -2.51. The number of benzene rings is 1. The van der Waals surface area contributed by atoms with Gasteiger partial charge in [0.2, 0.25) is 15.9 Å². The maximum Gasteiger partial charge on any atom is 0.233 e. The maximum absolute atomic E-state index is 13.5. The summed E-state index contributed by atoms with van der Waals surface area (Å²) >= 11 is 0. The van der Waals surface area contributed by atoms with Gasteiger partial charge >= 0.3 is 0 Å². The van der Waals surface area contributed by atoms with Crippen LogP contribution < -0.4 is 4.72 Å². The zero-order valence-electron chi connectivity index (χ0n) is 13.1. The van der Waals surface area contributed by atoms with E-state index in [0.29, 0.717) is 19.5 Å². The lowest BCUT2D eigenvalue weighted by Gasteiger charge is -2.43. The van der Waals surface area contributed by atoms with Gasteiger partial charge in [-0.1, -0.05) is 18.6 Å². The molecule has 1 aliphatic carbocycles. The number of sulfonamides is 1. The van der Waals surface area contributed by atoms with Gasteiger partial charge in [-0.05, 0) is 37.0 Å². The Balaban J connectivity index is 1.77. The number of nitrogens with one attached hydrogen (secondary N) is 1. The molecule has 1 atom stereocenters. The number of amides is 1. The molecule has 1 aromatic carbocycles. The van der Waals surface area contributed by atoms with Gasteiger partial charge in [-0.15, -0.1) is 0 Å². The molecule has 1 saturated carbocycles. The fourth-order valence-corrected chi connectivity index (χ4v) is 4.39. The molecule has 1 amide bonds. The summed E-state index contributed by atoms with van der Waals surface area (Å²) in [6, 6.07) is 6.03. The molecule has 5 nitrogen and oxygen atoms in total. The molecule has 2 aliphatic rings. The summed E-state index contributed by atoms with van der Waals surface area (Å²) in [6.45, 7) is 0.909. The number of carbonyl (C=O) groups excluding carboxylic acids is 1. The van der Waals surface area contributed by atoms with Crippen LogP contribution in [-0.2, 0) is 20.2 Å². The van der Waals surface area contributed by atoms with Gasteiger partial charge in [-0.3, -0.25) is 4.79 Å². The van der Waals surface area contributed by atoms with Crippen molar-refractivity contribution in [3.63, 3.8) is 0 Å². The monoisotopic (exact) mass is 340 g/mol. The van der Waals surface area contributed by atoms with Gasteiger partial charge in [0.05, 0.1) is 11.7 Å². The predicted octanol–water partition coefficient (Wildman–Crippen LogP) is 1.40. The summed E-state index contributed by atoms with van der Waals surface area (Å²) in [5, 5.41) is 0. The van der Waals surface area contributed by atoms with Gasteiger partial charge < -0.3 is 4.90 Å². The highest BCUT2D eigenvalue weighted by Gasteiger charge is 2.48. The first-order valence-corrected chi connectivity index (χ1v) is 9.72. The molecule has 0 spiro atoms. The molecular formula is C16H21FN2O3S. The number of rotatable bonds is 4. The molecule has 0 aromatic heterocycles. The highest BCUT2D eigenvalue weighted by atomic mass is 32.2. The van der Waals surface area contributed by atoms with Crippen molar-refractivity contribution in [3.05, 3.63) is 35.6 Å². The Kier molecular flexibility index (Phi) is 4.18. The summed E-state index contributed by atoms with van der Waals surface area (Å²) in [6.07, 6.45) is 4.11. The summed E-state index contributed by atoms with van der Waals surface area (Å²) in [5.74, 6) is -0.341. The number of likely N-dealkylation sites (tertiary alicyclic amines) is 1. The predicted molar refractivity (Wildman–Crippen MR) is 84.9 cm³/mol. The number of carbonyl (C=O) groups is 1. The lowest BCUT2D eigenvalue weighted by molar-refractivity contribution is -0.139. The van der Waals surface area contributed by atoms with Crippen LogP contribution >= 0.6 is 0 Å². The van der Waals surface area contributed by atoms with Gasteiger partial charge in [-0.25, -0.2) is 17.5 Å². The van der Waals surface area contributed by atoms with Crippen molar-refractivity contribution in [2.45, 2.75) is 37.1 Å². The van der Waals surface area contributed by atoms with E-state index in [4.69, 9.17) is 0 Å². The molecule has 1 N–H and O–H groups in total. The Morgan fingerprint density at radius 2 is 2.13 bits per heavy atom.